The Morgan fingerprint density at radius 1 is 1.27 bits per heavy atom. The van der Waals surface area contributed by atoms with E-state index in [-0.39, 0.29) is 18.3 Å². The van der Waals surface area contributed by atoms with Gasteiger partial charge >= 0.3 is 5.97 Å². The molecular formula is C17H22O5. The van der Waals surface area contributed by atoms with Crippen LogP contribution in [0.3, 0.4) is 0 Å². The molecular weight excluding hydrogens is 284 g/mol. The molecule has 120 valence electrons. The van der Waals surface area contributed by atoms with Gasteiger partial charge in [-0.1, -0.05) is 6.07 Å². The molecule has 1 atom stereocenters. The Balaban J connectivity index is 2.27. The minimum absolute atomic E-state index is 0.166. The van der Waals surface area contributed by atoms with Gasteiger partial charge in [0.1, 0.15) is 5.78 Å². The van der Waals surface area contributed by atoms with Crippen molar-refractivity contribution in [2.24, 2.45) is 0 Å². The normalized spacial score (nSPS) is 16.3. The number of carbonyl (C=O) groups excluding carboxylic acids is 1. The van der Waals surface area contributed by atoms with Gasteiger partial charge in [-0.15, -0.1) is 0 Å². The van der Waals surface area contributed by atoms with Crippen LogP contribution in [0.5, 0.6) is 11.5 Å². The number of rotatable bonds is 7. The highest BCUT2D eigenvalue weighted by Crippen LogP contribution is 2.35. The molecule has 22 heavy (non-hydrogen) atoms. The van der Waals surface area contributed by atoms with Crippen molar-refractivity contribution < 1.29 is 24.2 Å². The minimum Gasteiger partial charge on any atom is -0.493 e. The fourth-order valence-electron chi connectivity index (χ4n) is 2.86. The summed E-state index contributed by atoms with van der Waals surface area (Å²) in [5.74, 6) is -0.625. The first kappa shape index (κ1) is 16.3. The zero-order valence-electron chi connectivity index (χ0n) is 13.0. The van der Waals surface area contributed by atoms with E-state index in [0.29, 0.717) is 17.1 Å². The topological polar surface area (TPSA) is 72.8 Å². The second kappa shape index (κ2) is 7.29. The summed E-state index contributed by atoms with van der Waals surface area (Å²) >= 11 is 0. The van der Waals surface area contributed by atoms with Crippen molar-refractivity contribution in [2.45, 2.75) is 51.0 Å². The molecule has 1 fully saturated rings. The van der Waals surface area contributed by atoms with Gasteiger partial charge in [0.05, 0.1) is 25.6 Å². The SMILES string of the molecule is COc1ccc(C(CC(=O)O)C(C)=O)cc1OC1CCCC1. The van der Waals surface area contributed by atoms with Crippen LogP contribution in [0, 0.1) is 0 Å². The average Bonchev–Trinajstić information content (AvgIpc) is 2.97. The van der Waals surface area contributed by atoms with Crippen molar-refractivity contribution in [3.8, 4) is 11.5 Å². The molecule has 0 bridgehead atoms. The molecule has 1 N–H and O–H groups in total. The van der Waals surface area contributed by atoms with Crippen molar-refractivity contribution in [1.29, 1.82) is 0 Å². The van der Waals surface area contributed by atoms with Gasteiger partial charge in [-0.05, 0) is 50.3 Å². The number of methoxy groups -OCH3 is 1. The zero-order chi connectivity index (χ0) is 16.1. The number of Topliss-reactive ketones (excluding diaryl/α,β-unsaturated/α-hetero) is 1. The highest BCUT2D eigenvalue weighted by atomic mass is 16.5. The first-order valence-electron chi connectivity index (χ1n) is 7.58. The average molecular weight is 306 g/mol. The van der Waals surface area contributed by atoms with E-state index in [1.54, 1.807) is 25.3 Å². The van der Waals surface area contributed by atoms with Crippen LogP contribution < -0.4 is 9.47 Å². The second-order valence-corrected chi connectivity index (χ2v) is 5.70. The summed E-state index contributed by atoms with van der Waals surface area (Å²) in [6.07, 6.45) is 4.28. The third kappa shape index (κ3) is 4.00. The van der Waals surface area contributed by atoms with E-state index in [1.807, 2.05) is 0 Å². The molecule has 0 saturated heterocycles. The predicted octanol–water partition coefficient (Wildman–Crippen LogP) is 3.16. The Morgan fingerprint density at radius 2 is 1.95 bits per heavy atom. The standard InChI is InChI=1S/C17H22O5/c1-11(18)14(10-17(19)20)12-7-8-15(21-2)16(9-12)22-13-5-3-4-6-13/h7-9,13-14H,3-6,10H2,1-2H3,(H,19,20). The molecule has 0 aliphatic heterocycles. The van der Waals surface area contributed by atoms with Crippen LogP contribution in [-0.4, -0.2) is 30.1 Å². The van der Waals surface area contributed by atoms with Crippen molar-refractivity contribution >= 4 is 11.8 Å². The van der Waals surface area contributed by atoms with Gasteiger partial charge < -0.3 is 14.6 Å². The molecule has 1 aliphatic rings. The minimum atomic E-state index is -0.991. The van der Waals surface area contributed by atoms with Crippen LogP contribution in [0.15, 0.2) is 18.2 Å². The molecule has 0 heterocycles. The first-order chi connectivity index (χ1) is 10.5. The number of carbonyl (C=O) groups is 2. The molecule has 1 unspecified atom stereocenters. The second-order valence-electron chi connectivity index (χ2n) is 5.70. The van der Waals surface area contributed by atoms with Crippen LogP contribution in [0.4, 0.5) is 0 Å². The van der Waals surface area contributed by atoms with E-state index in [9.17, 15) is 9.59 Å². The quantitative estimate of drug-likeness (QED) is 0.837. The summed E-state index contributed by atoms with van der Waals surface area (Å²) < 4.78 is 11.3. The molecule has 0 radical (unpaired) electrons. The summed E-state index contributed by atoms with van der Waals surface area (Å²) in [6.45, 7) is 1.41. The molecule has 0 amide bonds. The van der Waals surface area contributed by atoms with Gasteiger partial charge in [-0.25, -0.2) is 0 Å². The lowest BCUT2D eigenvalue weighted by atomic mass is 9.92. The number of aliphatic carboxylic acids is 1. The fraction of sp³-hybridized carbons (Fsp3) is 0.529. The van der Waals surface area contributed by atoms with Gasteiger partial charge in [-0.2, -0.15) is 0 Å². The van der Waals surface area contributed by atoms with Crippen LogP contribution >= 0.6 is 0 Å². The smallest absolute Gasteiger partial charge is 0.304 e. The van der Waals surface area contributed by atoms with Crippen LogP contribution in [0.2, 0.25) is 0 Å². The summed E-state index contributed by atoms with van der Waals surface area (Å²) in [5, 5.41) is 8.99. The van der Waals surface area contributed by atoms with E-state index >= 15 is 0 Å². The van der Waals surface area contributed by atoms with Crippen molar-refractivity contribution in [3.63, 3.8) is 0 Å². The molecule has 1 aromatic rings. The third-order valence-corrected chi connectivity index (χ3v) is 4.06. The van der Waals surface area contributed by atoms with E-state index < -0.39 is 11.9 Å². The summed E-state index contributed by atoms with van der Waals surface area (Å²) in [4.78, 5) is 22.7. The third-order valence-electron chi connectivity index (χ3n) is 4.06. The van der Waals surface area contributed by atoms with Crippen LogP contribution in [0.1, 0.15) is 50.5 Å². The molecule has 2 rings (SSSR count). The van der Waals surface area contributed by atoms with Gasteiger partial charge in [0, 0.05) is 0 Å². The molecule has 1 aliphatic carbocycles. The number of benzene rings is 1. The highest BCUT2D eigenvalue weighted by Gasteiger charge is 2.23. The summed E-state index contributed by atoms with van der Waals surface area (Å²) in [5.41, 5.74) is 0.656. The van der Waals surface area contributed by atoms with Crippen molar-refractivity contribution in [2.75, 3.05) is 7.11 Å². The van der Waals surface area contributed by atoms with Gasteiger partial charge in [-0.3, -0.25) is 9.59 Å². The summed E-state index contributed by atoms with van der Waals surface area (Å²) in [7, 11) is 1.57. The molecule has 5 nitrogen and oxygen atoms in total. The zero-order valence-corrected chi connectivity index (χ0v) is 13.0. The number of ether oxygens (including phenoxy) is 2. The Kier molecular flexibility index (Phi) is 5.41. The lowest BCUT2D eigenvalue weighted by Crippen LogP contribution is -2.15. The molecule has 0 aromatic heterocycles. The number of carboxylic acids is 1. The monoisotopic (exact) mass is 306 g/mol. The Hall–Kier alpha value is -2.04. The highest BCUT2D eigenvalue weighted by molar-refractivity contribution is 5.87. The van der Waals surface area contributed by atoms with Crippen molar-refractivity contribution in [1.82, 2.24) is 0 Å². The predicted molar refractivity (Wildman–Crippen MR) is 81.6 cm³/mol. The number of carboxylic acid groups (broad SMARTS) is 1. The van der Waals surface area contributed by atoms with E-state index in [4.69, 9.17) is 14.6 Å². The molecule has 1 aromatic carbocycles. The largest absolute Gasteiger partial charge is 0.493 e. The molecule has 5 heteroatoms. The Labute approximate surface area is 130 Å². The summed E-state index contributed by atoms with van der Waals surface area (Å²) in [6, 6.07) is 5.21. The fourth-order valence-corrected chi connectivity index (χ4v) is 2.86. The van der Waals surface area contributed by atoms with Gasteiger partial charge in [0.15, 0.2) is 11.5 Å². The number of hydrogen-bond acceptors (Lipinski definition) is 4. The number of ketones is 1. The van der Waals surface area contributed by atoms with Gasteiger partial charge in [0.2, 0.25) is 0 Å². The molecule has 1 saturated carbocycles. The van der Waals surface area contributed by atoms with Crippen LogP contribution in [0.25, 0.3) is 0 Å². The molecule has 0 spiro atoms. The number of hydrogen-bond donors (Lipinski definition) is 1. The lowest BCUT2D eigenvalue weighted by Gasteiger charge is -2.19. The van der Waals surface area contributed by atoms with Crippen molar-refractivity contribution in [3.05, 3.63) is 23.8 Å². The maximum absolute atomic E-state index is 11.8. The Morgan fingerprint density at radius 3 is 2.50 bits per heavy atom. The maximum Gasteiger partial charge on any atom is 0.304 e. The van der Waals surface area contributed by atoms with E-state index in [2.05, 4.69) is 0 Å². The lowest BCUT2D eigenvalue weighted by molar-refractivity contribution is -0.139. The van der Waals surface area contributed by atoms with Gasteiger partial charge in [0.25, 0.3) is 0 Å². The van der Waals surface area contributed by atoms with Crippen LogP contribution in [-0.2, 0) is 9.59 Å². The first-order valence-corrected chi connectivity index (χ1v) is 7.58. The van der Waals surface area contributed by atoms with E-state index in [0.717, 1.165) is 25.7 Å². The maximum atomic E-state index is 11.8. The Bertz CT molecular complexity index is 546. The van der Waals surface area contributed by atoms with E-state index in [1.165, 1.54) is 6.92 Å².